The Kier molecular flexibility index (Phi) is 5.53. The number of aromatic nitrogens is 1. The molecule has 5 nitrogen and oxygen atoms in total. The van der Waals surface area contributed by atoms with E-state index < -0.39 is 17.5 Å². The fraction of sp³-hybridized carbons (Fsp3) is 0.368. The molecular formula is C19H20F3N3O2. The van der Waals surface area contributed by atoms with E-state index in [1.165, 1.54) is 13.1 Å². The molecule has 0 unspecified atom stereocenters. The number of hydrogen-bond donors (Lipinski definition) is 1. The van der Waals surface area contributed by atoms with Crippen LogP contribution in [-0.4, -0.2) is 47.1 Å². The Hall–Kier alpha value is -2.77. The molecule has 1 aliphatic heterocycles. The van der Waals surface area contributed by atoms with Crippen LogP contribution in [0, 0.1) is 24.4 Å². The zero-order valence-electron chi connectivity index (χ0n) is 14.9. The number of carbonyl (C=O) groups excluding carboxylic acids is 1. The van der Waals surface area contributed by atoms with Crippen LogP contribution >= 0.6 is 0 Å². The number of carbonyl (C=O) groups is 1. The number of anilines is 1. The lowest BCUT2D eigenvalue weighted by atomic mass is 10.0. The first-order valence-corrected chi connectivity index (χ1v) is 8.67. The highest BCUT2D eigenvalue weighted by molar-refractivity contribution is 5.76. The summed E-state index contributed by atoms with van der Waals surface area (Å²) in [5.41, 5.74) is -0.362. The molecule has 1 aliphatic rings. The lowest BCUT2D eigenvalue weighted by molar-refractivity contribution is -0.131. The molecule has 144 valence electrons. The lowest BCUT2D eigenvalue weighted by Crippen LogP contribution is -2.49. The first-order valence-electron chi connectivity index (χ1n) is 8.67. The van der Waals surface area contributed by atoms with Crippen LogP contribution in [0.4, 0.5) is 19.0 Å². The summed E-state index contributed by atoms with van der Waals surface area (Å²) in [5, 5.41) is 9.29. The van der Waals surface area contributed by atoms with E-state index in [0.29, 0.717) is 26.2 Å². The lowest BCUT2D eigenvalue weighted by Gasteiger charge is -2.35. The molecule has 1 saturated heterocycles. The Morgan fingerprint density at radius 1 is 1.15 bits per heavy atom. The van der Waals surface area contributed by atoms with E-state index in [4.69, 9.17) is 0 Å². The Balaban J connectivity index is 1.55. The molecule has 0 bridgehead atoms. The van der Waals surface area contributed by atoms with E-state index in [1.54, 1.807) is 17.0 Å². The maximum absolute atomic E-state index is 14.0. The molecule has 2 aromatic rings. The molecular weight excluding hydrogens is 359 g/mol. The normalized spacial score (nSPS) is 14.5. The van der Waals surface area contributed by atoms with Crippen molar-refractivity contribution < 1.29 is 23.1 Å². The second kappa shape index (κ2) is 7.85. The molecule has 0 saturated carbocycles. The third-order valence-electron chi connectivity index (χ3n) is 4.75. The van der Waals surface area contributed by atoms with Crippen molar-refractivity contribution in [3.05, 3.63) is 53.0 Å². The Bertz CT molecular complexity index is 835. The Labute approximate surface area is 155 Å². The minimum absolute atomic E-state index is 0.00618. The van der Waals surface area contributed by atoms with E-state index >= 15 is 0 Å². The summed E-state index contributed by atoms with van der Waals surface area (Å²) >= 11 is 0. The van der Waals surface area contributed by atoms with Crippen LogP contribution < -0.4 is 4.90 Å². The summed E-state index contributed by atoms with van der Waals surface area (Å²) in [6.45, 7) is 3.32. The van der Waals surface area contributed by atoms with Crippen molar-refractivity contribution in [2.24, 2.45) is 0 Å². The molecule has 1 aromatic carbocycles. The predicted molar refractivity (Wildman–Crippen MR) is 94.1 cm³/mol. The Morgan fingerprint density at radius 2 is 1.85 bits per heavy atom. The van der Waals surface area contributed by atoms with Gasteiger partial charge in [0.15, 0.2) is 11.6 Å². The van der Waals surface area contributed by atoms with Crippen LogP contribution in [0.3, 0.4) is 0 Å². The van der Waals surface area contributed by atoms with Gasteiger partial charge in [0.1, 0.15) is 17.4 Å². The second-order valence-corrected chi connectivity index (χ2v) is 6.51. The van der Waals surface area contributed by atoms with Gasteiger partial charge in [-0.25, -0.2) is 18.2 Å². The highest BCUT2D eigenvalue weighted by atomic mass is 19.2. The second-order valence-electron chi connectivity index (χ2n) is 6.51. The minimum Gasteiger partial charge on any atom is -0.506 e. The van der Waals surface area contributed by atoms with Gasteiger partial charge in [0.25, 0.3) is 0 Å². The molecule has 0 atom stereocenters. The molecule has 1 N–H and O–H groups in total. The van der Waals surface area contributed by atoms with Gasteiger partial charge >= 0.3 is 0 Å². The van der Waals surface area contributed by atoms with Crippen LogP contribution in [0.15, 0.2) is 24.4 Å². The molecule has 0 spiro atoms. The van der Waals surface area contributed by atoms with Crippen molar-refractivity contribution in [3.63, 3.8) is 0 Å². The van der Waals surface area contributed by atoms with Gasteiger partial charge in [0, 0.05) is 38.2 Å². The van der Waals surface area contributed by atoms with E-state index in [-0.39, 0.29) is 35.6 Å². The number of aryl methyl sites for hydroxylation is 1. The molecule has 27 heavy (non-hydrogen) atoms. The Morgan fingerprint density at radius 3 is 2.48 bits per heavy atom. The average molecular weight is 379 g/mol. The number of pyridine rings is 1. The quantitative estimate of drug-likeness (QED) is 0.830. The maximum atomic E-state index is 14.0. The fourth-order valence-corrected chi connectivity index (χ4v) is 3.13. The van der Waals surface area contributed by atoms with Crippen LogP contribution in [0.2, 0.25) is 0 Å². The maximum Gasteiger partial charge on any atom is 0.223 e. The highest BCUT2D eigenvalue weighted by Crippen LogP contribution is 2.21. The topological polar surface area (TPSA) is 56.7 Å². The number of nitrogens with zero attached hydrogens (tertiary/aromatic N) is 3. The number of rotatable bonds is 4. The first kappa shape index (κ1) is 19.0. The number of amides is 1. The summed E-state index contributed by atoms with van der Waals surface area (Å²) in [5.74, 6) is -2.44. The standard InChI is InChI=1S/C19H20F3N3O2/c1-12-18(21)13(10-15(20)19(12)22)2-5-17(27)25-8-6-24(7-9-25)16-4-3-14(26)11-23-16/h3-4,10-11,26H,2,5-9H2,1H3. The summed E-state index contributed by atoms with van der Waals surface area (Å²) < 4.78 is 40.8. The van der Waals surface area contributed by atoms with Crippen LogP contribution in [0.1, 0.15) is 17.5 Å². The third kappa shape index (κ3) is 4.15. The number of benzene rings is 1. The zero-order valence-corrected chi connectivity index (χ0v) is 14.9. The molecule has 1 fully saturated rings. The number of hydrogen-bond acceptors (Lipinski definition) is 4. The summed E-state index contributed by atoms with van der Waals surface area (Å²) in [6.07, 6.45) is 1.41. The van der Waals surface area contributed by atoms with Crippen molar-refractivity contribution in [2.45, 2.75) is 19.8 Å². The largest absolute Gasteiger partial charge is 0.506 e. The van der Waals surface area contributed by atoms with Gasteiger partial charge in [-0.1, -0.05) is 0 Å². The van der Waals surface area contributed by atoms with Crippen LogP contribution in [0.5, 0.6) is 5.75 Å². The van der Waals surface area contributed by atoms with Crippen molar-refractivity contribution in [1.82, 2.24) is 9.88 Å². The summed E-state index contributed by atoms with van der Waals surface area (Å²) in [4.78, 5) is 20.2. The van der Waals surface area contributed by atoms with E-state index in [0.717, 1.165) is 11.9 Å². The van der Waals surface area contributed by atoms with Gasteiger partial charge in [0.2, 0.25) is 5.91 Å². The van der Waals surface area contributed by atoms with Crippen LogP contribution in [-0.2, 0) is 11.2 Å². The van der Waals surface area contributed by atoms with Crippen molar-refractivity contribution >= 4 is 11.7 Å². The molecule has 0 aliphatic carbocycles. The fourth-order valence-electron chi connectivity index (χ4n) is 3.13. The van der Waals surface area contributed by atoms with E-state index in [2.05, 4.69) is 4.98 Å². The monoisotopic (exact) mass is 379 g/mol. The molecule has 0 radical (unpaired) electrons. The number of halogens is 3. The van der Waals surface area contributed by atoms with Crippen molar-refractivity contribution in [1.29, 1.82) is 0 Å². The van der Waals surface area contributed by atoms with Crippen molar-refractivity contribution in [3.8, 4) is 5.75 Å². The molecule has 2 heterocycles. The minimum atomic E-state index is -1.19. The molecule has 3 rings (SSSR count). The van der Waals surface area contributed by atoms with Gasteiger partial charge in [-0.05, 0) is 37.1 Å². The van der Waals surface area contributed by atoms with E-state index in [1.807, 2.05) is 4.90 Å². The van der Waals surface area contributed by atoms with Gasteiger partial charge in [-0.15, -0.1) is 0 Å². The summed E-state index contributed by atoms with van der Waals surface area (Å²) in [7, 11) is 0. The summed E-state index contributed by atoms with van der Waals surface area (Å²) in [6, 6.07) is 4.08. The third-order valence-corrected chi connectivity index (χ3v) is 4.75. The first-order chi connectivity index (χ1) is 12.9. The highest BCUT2D eigenvalue weighted by Gasteiger charge is 2.23. The van der Waals surface area contributed by atoms with Crippen molar-refractivity contribution in [2.75, 3.05) is 31.1 Å². The van der Waals surface area contributed by atoms with E-state index in [9.17, 15) is 23.1 Å². The van der Waals surface area contributed by atoms with Gasteiger partial charge in [-0.3, -0.25) is 4.79 Å². The SMILES string of the molecule is Cc1c(F)c(F)cc(CCC(=O)N2CCN(c3ccc(O)cn3)CC2)c1F. The zero-order chi connectivity index (χ0) is 19.6. The van der Waals surface area contributed by atoms with Gasteiger partial charge in [-0.2, -0.15) is 0 Å². The smallest absolute Gasteiger partial charge is 0.223 e. The average Bonchev–Trinajstić information content (AvgIpc) is 2.68. The van der Waals surface area contributed by atoms with Crippen LogP contribution in [0.25, 0.3) is 0 Å². The predicted octanol–water partition coefficient (Wildman–Crippen LogP) is 2.79. The van der Waals surface area contributed by atoms with Gasteiger partial charge in [0.05, 0.1) is 6.20 Å². The van der Waals surface area contributed by atoms with Gasteiger partial charge < -0.3 is 14.9 Å². The number of aromatic hydroxyl groups is 1. The molecule has 1 amide bonds. The molecule has 8 heteroatoms. The number of piperazine rings is 1. The molecule has 1 aromatic heterocycles.